The molecular weight excluding hydrogens is 401 g/mol. The summed E-state index contributed by atoms with van der Waals surface area (Å²) in [5.74, 6) is -2.46. The average Bonchev–Trinajstić information content (AvgIpc) is 2.73. The molecule has 170 valence electrons. The molecule has 1 rings (SSSR count). The van der Waals surface area contributed by atoms with Crippen molar-refractivity contribution in [3.63, 3.8) is 0 Å². The standard InChI is InChI=1S/C22H32FN5O3/c1-6-7-10-28(5)13-14(2)20(22(31)26-12-19(29)25-4)27-15(3)16-8-9-17(21(24)30)18(23)11-16/h8-9,11H,6-7,10,12-13H2,1-5H3,(H2,24,30)(H,25,29)(H,26,31)/b20-14+,27-15?. The summed E-state index contributed by atoms with van der Waals surface area (Å²) in [7, 11) is 3.43. The van der Waals surface area contributed by atoms with Crippen LogP contribution in [0.4, 0.5) is 4.39 Å². The van der Waals surface area contributed by atoms with Gasteiger partial charge in [-0.25, -0.2) is 9.38 Å². The first-order valence-corrected chi connectivity index (χ1v) is 10.1. The summed E-state index contributed by atoms with van der Waals surface area (Å²) in [5, 5.41) is 4.99. The number of nitrogens with one attached hydrogen (secondary N) is 2. The lowest BCUT2D eigenvalue weighted by Gasteiger charge is -2.18. The minimum atomic E-state index is -0.862. The van der Waals surface area contributed by atoms with Crippen LogP contribution < -0.4 is 16.4 Å². The van der Waals surface area contributed by atoms with Crippen LogP contribution in [0, 0.1) is 5.82 Å². The van der Waals surface area contributed by atoms with Gasteiger partial charge in [-0.3, -0.25) is 14.4 Å². The molecule has 0 saturated carbocycles. The van der Waals surface area contributed by atoms with Gasteiger partial charge in [0.1, 0.15) is 11.5 Å². The summed E-state index contributed by atoms with van der Waals surface area (Å²) in [4.78, 5) is 42.0. The molecule has 4 N–H and O–H groups in total. The lowest BCUT2D eigenvalue weighted by atomic mass is 10.1. The summed E-state index contributed by atoms with van der Waals surface area (Å²) >= 11 is 0. The molecule has 0 aliphatic carbocycles. The Kier molecular flexibility index (Phi) is 10.5. The van der Waals surface area contributed by atoms with E-state index in [-0.39, 0.29) is 23.7 Å². The maximum atomic E-state index is 14.2. The molecule has 31 heavy (non-hydrogen) atoms. The van der Waals surface area contributed by atoms with Gasteiger partial charge in [0.15, 0.2) is 0 Å². The van der Waals surface area contributed by atoms with Gasteiger partial charge in [0.2, 0.25) is 5.91 Å². The molecule has 0 saturated heterocycles. The van der Waals surface area contributed by atoms with E-state index in [1.165, 1.54) is 19.2 Å². The molecule has 0 radical (unpaired) electrons. The van der Waals surface area contributed by atoms with Crippen molar-refractivity contribution in [3.05, 3.63) is 46.4 Å². The number of halogens is 1. The predicted octanol–water partition coefficient (Wildman–Crippen LogP) is 1.60. The minimum absolute atomic E-state index is 0.157. The summed E-state index contributed by atoms with van der Waals surface area (Å²) in [5.41, 5.74) is 6.59. The molecule has 0 aliphatic heterocycles. The fraction of sp³-hybridized carbons (Fsp3) is 0.455. The Bertz CT molecular complexity index is 880. The molecule has 0 unspecified atom stereocenters. The number of unbranched alkanes of at least 4 members (excludes halogenated alkanes) is 1. The van der Waals surface area contributed by atoms with E-state index >= 15 is 0 Å². The van der Waals surface area contributed by atoms with Gasteiger partial charge in [0.25, 0.3) is 11.8 Å². The van der Waals surface area contributed by atoms with Gasteiger partial charge < -0.3 is 21.3 Å². The molecule has 0 heterocycles. The lowest BCUT2D eigenvalue weighted by Crippen LogP contribution is -2.36. The Morgan fingerprint density at radius 3 is 2.45 bits per heavy atom. The monoisotopic (exact) mass is 433 g/mol. The molecule has 1 aromatic rings. The highest BCUT2D eigenvalue weighted by Gasteiger charge is 2.16. The number of hydrogen-bond donors (Lipinski definition) is 3. The Hall–Kier alpha value is -3.07. The normalized spacial score (nSPS) is 12.4. The first-order valence-electron chi connectivity index (χ1n) is 10.1. The number of nitrogens with two attached hydrogens (primary N) is 1. The average molecular weight is 434 g/mol. The number of benzene rings is 1. The lowest BCUT2D eigenvalue weighted by molar-refractivity contribution is -0.124. The van der Waals surface area contributed by atoms with Gasteiger partial charge >= 0.3 is 0 Å². The van der Waals surface area contributed by atoms with E-state index < -0.39 is 17.6 Å². The second-order valence-electron chi connectivity index (χ2n) is 7.33. The Morgan fingerprint density at radius 1 is 1.23 bits per heavy atom. The van der Waals surface area contributed by atoms with Crippen LogP contribution in [0.15, 0.2) is 34.5 Å². The first kappa shape index (κ1) is 26.0. The van der Waals surface area contributed by atoms with Crippen molar-refractivity contribution in [1.29, 1.82) is 0 Å². The molecule has 0 spiro atoms. The van der Waals surface area contributed by atoms with Crippen LogP contribution in [0.25, 0.3) is 0 Å². The van der Waals surface area contributed by atoms with Crippen LogP contribution in [-0.2, 0) is 9.59 Å². The third-order valence-electron chi connectivity index (χ3n) is 4.64. The van der Waals surface area contributed by atoms with Gasteiger partial charge in [-0.1, -0.05) is 19.4 Å². The van der Waals surface area contributed by atoms with Crippen molar-refractivity contribution >= 4 is 23.4 Å². The number of carbonyl (C=O) groups is 3. The minimum Gasteiger partial charge on any atom is -0.366 e. The van der Waals surface area contributed by atoms with Crippen LogP contribution in [0.1, 0.15) is 49.5 Å². The molecule has 0 fully saturated rings. The second-order valence-corrected chi connectivity index (χ2v) is 7.33. The molecular formula is C22H32FN5O3. The molecule has 0 atom stereocenters. The zero-order valence-electron chi connectivity index (χ0n) is 18.8. The SMILES string of the molecule is CCCCN(C)C/C(C)=C(/N=C(C)c1ccc(C(N)=O)c(F)c1)C(=O)NCC(=O)NC. The number of amides is 3. The van der Waals surface area contributed by atoms with Gasteiger partial charge in [-0.15, -0.1) is 0 Å². The second kappa shape index (κ2) is 12.6. The van der Waals surface area contributed by atoms with Crippen molar-refractivity contribution in [2.75, 3.05) is 33.7 Å². The van der Waals surface area contributed by atoms with Crippen molar-refractivity contribution in [2.24, 2.45) is 10.7 Å². The predicted molar refractivity (Wildman–Crippen MR) is 119 cm³/mol. The first-order chi connectivity index (χ1) is 14.6. The van der Waals surface area contributed by atoms with E-state index in [1.807, 2.05) is 7.05 Å². The number of likely N-dealkylation sites (N-methyl/N-ethyl adjacent to an activating group) is 2. The van der Waals surface area contributed by atoms with Crippen LogP contribution in [0.2, 0.25) is 0 Å². The Labute approximate surface area is 182 Å². The van der Waals surface area contributed by atoms with E-state index in [4.69, 9.17) is 5.73 Å². The van der Waals surface area contributed by atoms with Crippen LogP contribution >= 0.6 is 0 Å². The number of primary amides is 1. The van der Waals surface area contributed by atoms with Crippen LogP contribution in [-0.4, -0.2) is 62.1 Å². The Morgan fingerprint density at radius 2 is 1.90 bits per heavy atom. The molecule has 0 bridgehead atoms. The van der Waals surface area contributed by atoms with Gasteiger partial charge in [0.05, 0.1) is 12.1 Å². The number of rotatable bonds is 11. The molecule has 1 aromatic carbocycles. The summed E-state index contributed by atoms with van der Waals surface area (Å²) in [6.45, 7) is 6.72. The maximum absolute atomic E-state index is 14.2. The van der Waals surface area contributed by atoms with Crippen molar-refractivity contribution < 1.29 is 18.8 Å². The van der Waals surface area contributed by atoms with Crippen molar-refractivity contribution in [2.45, 2.75) is 33.6 Å². The zero-order valence-corrected chi connectivity index (χ0v) is 18.8. The van der Waals surface area contributed by atoms with Gasteiger partial charge in [0, 0.05) is 19.3 Å². The third-order valence-corrected chi connectivity index (χ3v) is 4.64. The summed E-state index contributed by atoms with van der Waals surface area (Å²) < 4.78 is 14.2. The Balaban J connectivity index is 3.26. The number of aliphatic imine (C=N–C) groups is 1. The fourth-order valence-corrected chi connectivity index (χ4v) is 2.83. The third kappa shape index (κ3) is 8.29. The topological polar surface area (TPSA) is 117 Å². The van der Waals surface area contributed by atoms with Crippen LogP contribution in [0.5, 0.6) is 0 Å². The highest BCUT2D eigenvalue weighted by Crippen LogP contribution is 2.15. The van der Waals surface area contributed by atoms with E-state index in [0.29, 0.717) is 23.4 Å². The smallest absolute Gasteiger partial charge is 0.270 e. The van der Waals surface area contributed by atoms with E-state index in [9.17, 15) is 18.8 Å². The van der Waals surface area contributed by atoms with E-state index in [2.05, 4.69) is 27.4 Å². The molecule has 9 heteroatoms. The fourth-order valence-electron chi connectivity index (χ4n) is 2.83. The highest BCUT2D eigenvalue weighted by atomic mass is 19.1. The number of carbonyl (C=O) groups excluding carboxylic acids is 3. The van der Waals surface area contributed by atoms with Crippen molar-refractivity contribution in [3.8, 4) is 0 Å². The molecule has 3 amide bonds. The van der Waals surface area contributed by atoms with E-state index in [0.717, 1.165) is 25.5 Å². The molecule has 0 aromatic heterocycles. The van der Waals surface area contributed by atoms with Gasteiger partial charge in [-0.05, 0) is 57.1 Å². The zero-order chi connectivity index (χ0) is 23.6. The molecule has 8 nitrogen and oxygen atoms in total. The molecule has 0 aliphatic rings. The maximum Gasteiger partial charge on any atom is 0.270 e. The highest BCUT2D eigenvalue weighted by molar-refractivity contribution is 6.05. The van der Waals surface area contributed by atoms with E-state index in [1.54, 1.807) is 13.8 Å². The van der Waals surface area contributed by atoms with Crippen molar-refractivity contribution in [1.82, 2.24) is 15.5 Å². The van der Waals surface area contributed by atoms with Gasteiger partial charge in [-0.2, -0.15) is 0 Å². The summed E-state index contributed by atoms with van der Waals surface area (Å²) in [6.07, 6.45) is 2.08. The quantitative estimate of drug-likeness (QED) is 0.363. The summed E-state index contributed by atoms with van der Waals surface area (Å²) in [6, 6.07) is 3.96. The van der Waals surface area contributed by atoms with Crippen LogP contribution in [0.3, 0.4) is 0 Å². The number of nitrogens with zero attached hydrogens (tertiary/aromatic N) is 2. The largest absolute Gasteiger partial charge is 0.366 e. The number of hydrogen-bond acceptors (Lipinski definition) is 5.